The van der Waals surface area contributed by atoms with Crippen molar-refractivity contribution in [3.05, 3.63) is 23.3 Å². The highest BCUT2D eigenvalue weighted by molar-refractivity contribution is 6.01. The zero-order valence-corrected chi connectivity index (χ0v) is 7.96. The third-order valence-electron chi connectivity index (χ3n) is 2.41. The normalized spacial score (nSPS) is 13.7. The van der Waals surface area contributed by atoms with Crippen LogP contribution in [0.1, 0.15) is 11.1 Å². The van der Waals surface area contributed by atoms with Crippen molar-refractivity contribution in [1.29, 1.82) is 0 Å². The zero-order chi connectivity index (χ0) is 10.1. The Kier molecular flexibility index (Phi) is 2.13. The van der Waals surface area contributed by atoms with E-state index in [2.05, 4.69) is 5.32 Å². The van der Waals surface area contributed by atoms with Gasteiger partial charge in [0.05, 0.1) is 19.2 Å². The number of nitrogens with two attached hydrogens (primary N) is 1. The molecule has 1 aromatic rings. The maximum atomic E-state index is 11.2. The van der Waals surface area contributed by atoms with Gasteiger partial charge < -0.3 is 15.8 Å². The van der Waals surface area contributed by atoms with Gasteiger partial charge in [-0.15, -0.1) is 0 Å². The summed E-state index contributed by atoms with van der Waals surface area (Å²) in [6.45, 7) is 0.446. The quantitative estimate of drug-likeness (QED) is 0.723. The highest BCUT2D eigenvalue weighted by atomic mass is 16.5. The van der Waals surface area contributed by atoms with Crippen LogP contribution >= 0.6 is 0 Å². The van der Waals surface area contributed by atoms with Crippen LogP contribution in [0.2, 0.25) is 0 Å². The minimum absolute atomic E-state index is 0.000741. The van der Waals surface area contributed by atoms with E-state index >= 15 is 0 Å². The Hall–Kier alpha value is -1.55. The fourth-order valence-corrected chi connectivity index (χ4v) is 1.71. The lowest BCUT2D eigenvalue weighted by atomic mass is 10.0. The molecule has 0 atom stereocenters. The Morgan fingerprint density at radius 1 is 1.57 bits per heavy atom. The first-order valence-corrected chi connectivity index (χ1v) is 4.45. The topological polar surface area (TPSA) is 64.3 Å². The molecule has 14 heavy (non-hydrogen) atoms. The van der Waals surface area contributed by atoms with E-state index in [0.717, 1.165) is 16.8 Å². The van der Waals surface area contributed by atoms with Crippen LogP contribution in [0, 0.1) is 0 Å². The molecule has 1 aliphatic heterocycles. The zero-order valence-electron chi connectivity index (χ0n) is 7.96. The average Bonchev–Trinajstić information content (AvgIpc) is 2.57. The first-order valence-electron chi connectivity index (χ1n) is 4.45. The number of nitrogens with one attached hydrogen (secondary N) is 1. The number of rotatable bonds is 2. The van der Waals surface area contributed by atoms with Crippen molar-refractivity contribution < 1.29 is 9.53 Å². The predicted octanol–water partition coefficient (Wildman–Crippen LogP) is 0.648. The fraction of sp³-hybridized carbons (Fsp3) is 0.300. The molecule has 1 heterocycles. The van der Waals surface area contributed by atoms with Gasteiger partial charge in [-0.1, -0.05) is 6.07 Å². The van der Waals surface area contributed by atoms with Gasteiger partial charge in [0.25, 0.3) is 0 Å². The second kappa shape index (κ2) is 3.31. The minimum Gasteiger partial charge on any atom is -0.495 e. The van der Waals surface area contributed by atoms with Crippen molar-refractivity contribution in [3.8, 4) is 5.75 Å². The summed E-state index contributed by atoms with van der Waals surface area (Å²) >= 11 is 0. The number of fused-ring (bicyclic) bond motifs is 1. The Labute approximate surface area is 82.1 Å². The lowest BCUT2D eigenvalue weighted by Gasteiger charge is -2.09. The van der Waals surface area contributed by atoms with Crippen molar-refractivity contribution in [2.45, 2.75) is 13.0 Å². The summed E-state index contributed by atoms with van der Waals surface area (Å²) in [6.07, 6.45) is 0.402. The van der Waals surface area contributed by atoms with Crippen LogP contribution in [-0.2, 0) is 17.8 Å². The van der Waals surface area contributed by atoms with Crippen LogP contribution in [0.5, 0.6) is 5.75 Å². The smallest absolute Gasteiger partial charge is 0.228 e. The molecule has 2 rings (SSSR count). The standard InChI is InChI=1S/C10H12N2O2/c1-14-8-3-2-6(5-11)7-4-9(13)12-10(7)8/h2-3H,4-5,11H2,1H3,(H,12,13). The summed E-state index contributed by atoms with van der Waals surface area (Å²) in [5.41, 5.74) is 8.33. The molecule has 0 saturated carbocycles. The van der Waals surface area contributed by atoms with E-state index in [1.165, 1.54) is 0 Å². The molecule has 3 N–H and O–H groups in total. The summed E-state index contributed by atoms with van der Waals surface area (Å²) < 4.78 is 5.15. The highest BCUT2D eigenvalue weighted by Gasteiger charge is 2.23. The van der Waals surface area contributed by atoms with E-state index in [-0.39, 0.29) is 5.91 Å². The molecular formula is C10H12N2O2. The molecule has 0 fully saturated rings. The third kappa shape index (κ3) is 1.24. The lowest BCUT2D eigenvalue weighted by molar-refractivity contribution is -0.115. The lowest BCUT2D eigenvalue weighted by Crippen LogP contribution is -2.04. The van der Waals surface area contributed by atoms with Gasteiger partial charge in [0.15, 0.2) is 0 Å². The van der Waals surface area contributed by atoms with Gasteiger partial charge in [-0.2, -0.15) is 0 Å². The molecule has 0 aliphatic carbocycles. The van der Waals surface area contributed by atoms with Crippen LogP contribution in [0.3, 0.4) is 0 Å². The van der Waals surface area contributed by atoms with Gasteiger partial charge in [0.1, 0.15) is 5.75 Å². The van der Waals surface area contributed by atoms with E-state index in [1.807, 2.05) is 12.1 Å². The van der Waals surface area contributed by atoms with Gasteiger partial charge in [0, 0.05) is 6.54 Å². The molecule has 1 aromatic carbocycles. The second-order valence-corrected chi connectivity index (χ2v) is 3.21. The van der Waals surface area contributed by atoms with Crippen molar-refractivity contribution >= 4 is 11.6 Å². The number of hydrogen-bond donors (Lipinski definition) is 2. The Morgan fingerprint density at radius 3 is 3.00 bits per heavy atom. The summed E-state index contributed by atoms with van der Waals surface area (Å²) in [5, 5.41) is 2.77. The number of benzene rings is 1. The van der Waals surface area contributed by atoms with Gasteiger partial charge in [-0.3, -0.25) is 4.79 Å². The van der Waals surface area contributed by atoms with Gasteiger partial charge in [-0.05, 0) is 17.2 Å². The van der Waals surface area contributed by atoms with Crippen molar-refractivity contribution in [3.63, 3.8) is 0 Å². The van der Waals surface area contributed by atoms with Crippen LogP contribution < -0.4 is 15.8 Å². The number of hydrogen-bond acceptors (Lipinski definition) is 3. The van der Waals surface area contributed by atoms with E-state index in [1.54, 1.807) is 7.11 Å². The number of anilines is 1. The molecule has 0 saturated heterocycles. The van der Waals surface area contributed by atoms with E-state index in [0.29, 0.717) is 18.7 Å². The fourth-order valence-electron chi connectivity index (χ4n) is 1.71. The van der Waals surface area contributed by atoms with Crippen LogP contribution in [-0.4, -0.2) is 13.0 Å². The molecular weight excluding hydrogens is 180 g/mol. The molecule has 0 aromatic heterocycles. The minimum atomic E-state index is -0.000741. The third-order valence-corrected chi connectivity index (χ3v) is 2.41. The summed E-state index contributed by atoms with van der Waals surface area (Å²) in [6, 6.07) is 3.73. The Morgan fingerprint density at radius 2 is 2.36 bits per heavy atom. The molecule has 74 valence electrons. The number of amides is 1. The first kappa shape index (κ1) is 9.02. The average molecular weight is 192 g/mol. The van der Waals surface area contributed by atoms with Crippen molar-refractivity contribution in [2.24, 2.45) is 5.73 Å². The molecule has 1 aliphatic rings. The van der Waals surface area contributed by atoms with Gasteiger partial charge in [-0.25, -0.2) is 0 Å². The Balaban J connectivity index is 2.55. The number of carbonyl (C=O) groups excluding carboxylic acids is 1. The largest absolute Gasteiger partial charge is 0.495 e. The SMILES string of the molecule is COc1ccc(CN)c2c1NC(=O)C2. The monoisotopic (exact) mass is 192 g/mol. The van der Waals surface area contributed by atoms with Gasteiger partial charge >= 0.3 is 0 Å². The van der Waals surface area contributed by atoms with Crippen LogP contribution in [0.25, 0.3) is 0 Å². The van der Waals surface area contributed by atoms with E-state index in [4.69, 9.17) is 10.5 Å². The first-order chi connectivity index (χ1) is 6.76. The molecule has 4 nitrogen and oxygen atoms in total. The Bertz CT molecular complexity index is 353. The number of ether oxygens (including phenoxy) is 1. The van der Waals surface area contributed by atoms with Crippen LogP contribution in [0.4, 0.5) is 5.69 Å². The highest BCUT2D eigenvalue weighted by Crippen LogP contribution is 2.35. The summed E-state index contributed by atoms with van der Waals surface area (Å²) in [7, 11) is 1.59. The molecule has 4 heteroatoms. The number of methoxy groups -OCH3 is 1. The molecule has 0 radical (unpaired) electrons. The molecule has 0 bridgehead atoms. The maximum absolute atomic E-state index is 11.2. The molecule has 1 amide bonds. The predicted molar refractivity (Wildman–Crippen MR) is 53.2 cm³/mol. The maximum Gasteiger partial charge on any atom is 0.228 e. The summed E-state index contributed by atoms with van der Waals surface area (Å²) in [4.78, 5) is 11.2. The van der Waals surface area contributed by atoms with Crippen molar-refractivity contribution in [1.82, 2.24) is 0 Å². The second-order valence-electron chi connectivity index (χ2n) is 3.21. The van der Waals surface area contributed by atoms with E-state index in [9.17, 15) is 4.79 Å². The summed E-state index contributed by atoms with van der Waals surface area (Å²) in [5.74, 6) is 0.697. The van der Waals surface area contributed by atoms with Gasteiger partial charge in [0.2, 0.25) is 5.91 Å². The molecule has 0 spiro atoms. The van der Waals surface area contributed by atoms with Crippen molar-refractivity contribution in [2.75, 3.05) is 12.4 Å². The molecule has 0 unspecified atom stereocenters. The number of carbonyl (C=O) groups is 1. The van der Waals surface area contributed by atoms with Crippen LogP contribution in [0.15, 0.2) is 12.1 Å². The van der Waals surface area contributed by atoms with E-state index < -0.39 is 0 Å².